The smallest absolute Gasteiger partial charge is 0.340 e. The summed E-state index contributed by atoms with van der Waals surface area (Å²) in [5, 5.41) is 45.1. The number of rotatable bonds is 10. The highest BCUT2D eigenvalue weighted by Gasteiger charge is 2.53. The number of fused-ring (bicyclic) bond motifs is 6. The van der Waals surface area contributed by atoms with Crippen LogP contribution in [0.2, 0.25) is 0 Å². The van der Waals surface area contributed by atoms with E-state index in [0.29, 0.717) is 40.8 Å². The van der Waals surface area contributed by atoms with Crippen molar-refractivity contribution in [3.05, 3.63) is 124 Å². The quantitative estimate of drug-likeness (QED) is 0.0446. The number of amides is 2. The summed E-state index contributed by atoms with van der Waals surface area (Å²) >= 11 is 0. The number of ether oxygens (including phenoxy) is 2. The van der Waals surface area contributed by atoms with Gasteiger partial charge >= 0.3 is 5.97 Å². The number of aryl methyl sites for hydroxylation is 1. The Morgan fingerprint density at radius 1 is 0.860 bits per heavy atom. The monoisotopic (exact) mass is 669 g/mol. The van der Waals surface area contributed by atoms with E-state index in [4.69, 9.17) is 15.9 Å². The minimum absolute atomic E-state index is 0.0305. The van der Waals surface area contributed by atoms with Crippen molar-refractivity contribution in [2.75, 3.05) is 5.32 Å². The van der Waals surface area contributed by atoms with Crippen LogP contribution < -0.4 is 15.4 Å². The van der Waals surface area contributed by atoms with Gasteiger partial charge in [0.2, 0.25) is 5.91 Å². The molecule has 0 aromatic heterocycles. The summed E-state index contributed by atoms with van der Waals surface area (Å²) in [7, 11) is 0. The molecule has 2 aliphatic heterocycles. The molecule has 2 amide bonds. The number of hydrogen-bond donors (Lipinski definition) is 5. The maximum Gasteiger partial charge on any atom is 0.340 e. The van der Waals surface area contributed by atoms with E-state index < -0.39 is 23.1 Å². The number of aliphatic hydroxyl groups is 1. The molecule has 0 bridgehead atoms. The lowest BCUT2D eigenvalue weighted by Gasteiger charge is -2.36. The molecular weight excluding hydrogens is 638 g/mol. The van der Waals surface area contributed by atoms with Crippen molar-refractivity contribution in [3.63, 3.8) is 0 Å². The van der Waals surface area contributed by atoms with E-state index in [1.165, 1.54) is 24.3 Å². The zero-order valence-corrected chi connectivity index (χ0v) is 26.7. The Labute approximate surface area is 287 Å². The lowest BCUT2D eigenvalue weighted by molar-refractivity contribution is -0.121. The van der Waals surface area contributed by atoms with Crippen LogP contribution in [0, 0.1) is 23.7 Å². The highest BCUT2D eigenvalue weighted by molar-refractivity contribution is 6.06. The van der Waals surface area contributed by atoms with Gasteiger partial charge in [-0.2, -0.15) is 5.26 Å². The normalized spacial score (nSPS) is 13.7. The number of nitrogens with zero attached hydrogens (tertiary/aromatic N) is 1. The Hall–Kier alpha value is -6.72. The molecule has 0 aliphatic carbocycles. The molecule has 0 saturated heterocycles. The number of hydrogen-bond acceptors (Lipinski definition) is 9. The number of carbonyl (C=O) groups is 3. The van der Waals surface area contributed by atoms with Crippen LogP contribution in [0.3, 0.4) is 0 Å². The predicted octanol–water partition coefficient (Wildman–Crippen LogP) is 5.99. The van der Waals surface area contributed by atoms with Gasteiger partial charge in [-0.05, 0) is 72.5 Å². The molecule has 4 aromatic rings. The summed E-state index contributed by atoms with van der Waals surface area (Å²) < 4.78 is 12.1. The van der Waals surface area contributed by atoms with Gasteiger partial charge in [0.25, 0.3) is 5.91 Å². The summed E-state index contributed by atoms with van der Waals surface area (Å²) in [5.41, 5.74) is 2.26. The molecule has 0 unspecified atom stereocenters. The molecule has 4 aromatic carbocycles. The van der Waals surface area contributed by atoms with Gasteiger partial charge in [-0.3, -0.25) is 9.59 Å². The third-order valence-corrected chi connectivity index (χ3v) is 8.54. The fraction of sp³-hybridized carbons (Fsp3) is 0.179. The number of benzene rings is 4. The molecule has 1 spiro atoms. The van der Waals surface area contributed by atoms with E-state index in [9.17, 15) is 35.0 Å². The van der Waals surface area contributed by atoms with Gasteiger partial charge in [0, 0.05) is 60.3 Å². The second-order valence-electron chi connectivity index (χ2n) is 11.8. The SMILES string of the molecule is C#CCC/C(O)=C(\C#N)C(=O)Nc1ccc(CCCC(=O)NCc2ccc3c(c2)C2(OC3=O)c3ccc(O)cc3Oc3cc(O)ccc32)cc1. The molecule has 0 saturated carbocycles. The van der Waals surface area contributed by atoms with Crippen LogP contribution in [0.1, 0.15) is 63.9 Å². The molecule has 0 fully saturated rings. The average Bonchev–Trinajstić information content (AvgIpc) is 3.38. The van der Waals surface area contributed by atoms with Gasteiger partial charge in [0.05, 0.1) is 5.56 Å². The maximum absolute atomic E-state index is 13.2. The first-order valence-corrected chi connectivity index (χ1v) is 15.8. The first kappa shape index (κ1) is 33.2. The third-order valence-electron chi connectivity index (χ3n) is 8.54. The number of carbonyl (C=O) groups excluding carboxylic acids is 3. The molecule has 2 aliphatic rings. The minimum Gasteiger partial charge on any atom is -0.511 e. The average molecular weight is 670 g/mol. The molecule has 250 valence electrons. The zero-order chi connectivity index (χ0) is 35.4. The van der Waals surface area contributed by atoms with E-state index in [-0.39, 0.29) is 60.5 Å². The van der Waals surface area contributed by atoms with Crippen LogP contribution in [0.5, 0.6) is 23.0 Å². The standard InChI is InChI=1S/C39H31N3O8/c1-2-3-6-33(45)29(21-40)37(47)42-25-11-8-23(9-12-25)5-4-7-36(46)41-22-24-10-15-28-32(18-24)39(50-38(28)48)30-16-13-26(43)19-34(30)49-35-20-27(44)14-17-31(35)39/h1,8-20,43-45H,3-7,22H2,(H,41,46)(H,42,47)/b33-29-. The fourth-order valence-electron chi connectivity index (χ4n) is 6.11. The molecular formula is C39H31N3O8. The second-order valence-corrected chi connectivity index (χ2v) is 11.8. The first-order valence-electron chi connectivity index (χ1n) is 15.8. The fourth-order valence-corrected chi connectivity index (χ4v) is 6.11. The Morgan fingerprint density at radius 3 is 2.16 bits per heavy atom. The van der Waals surface area contributed by atoms with Crippen LogP contribution in [-0.2, 0) is 32.9 Å². The predicted molar refractivity (Wildman–Crippen MR) is 181 cm³/mol. The van der Waals surface area contributed by atoms with Gasteiger partial charge in [0.15, 0.2) is 11.2 Å². The van der Waals surface area contributed by atoms with Crippen molar-refractivity contribution in [1.29, 1.82) is 5.26 Å². The summed E-state index contributed by atoms with van der Waals surface area (Å²) in [5.74, 6) is 1.04. The van der Waals surface area contributed by atoms with E-state index in [0.717, 1.165) is 11.1 Å². The number of esters is 1. The largest absolute Gasteiger partial charge is 0.511 e. The number of phenols is 2. The van der Waals surface area contributed by atoms with Crippen LogP contribution in [-0.4, -0.2) is 33.1 Å². The highest BCUT2D eigenvalue weighted by Crippen LogP contribution is 2.57. The number of nitriles is 1. The lowest BCUT2D eigenvalue weighted by Crippen LogP contribution is -2.33. The van der Waals surface area contributed by atoms with Crippen molar-refractivity contribution in [2.45, 2.75) is 44.2 Å². The van der Waals surface area contributed by atoms with E-state index in [1.54, 1.807) is 54.6 Å². The van der Waals surface area contributed by atoms with Gasteiger partial charge in [-0.25, -0.2) is 4.79 Å². The van der Waals surface area contributed by atoms with Gasteiger partial charge in [0.1, 0.15) is 34.8 Å². The Kier molecular flexibility index (Phi) is 9.15. The Morgan fingerprint density at radius 2 is 1.52 bits per heavy atom. The second kappa shape index (κ2) is 13.8. The topological polar surface area (TPSA) is 178 Å². The highest BCUT2D eigenvalue weighted by atomic mass is 16.6. The van der Waals surface area contributed by atoms with Crippen molar-refractivity contribution < 1.29 is 39.2 Å². The molecule has 11 heteroatoms. The first-order chi connectivity index (χ1) is 24.1. The van der Waals surface area contributed by atoms with Crippen LogP contribution in [0.15, 0.2) is 90.2 Å². The molecule has 11 nitrogen and oxygen atoms in total. The molecule has 50 heavy (non-hydrogen) atoms. The number of anilines is 1. The lowest BCUT2D eigenvalue weighted by atomic mass is 9.77. The van der Waals surface area contributed by atoms with Crippen molar-refractivity contribution >= 4 is 23.5 Å². The number of terminal acetylenes is 1. The summed E-state index contributed by atoms with van der Waals surface area (Å²) in [6.45, 7) is 0.198. The third kappa shape index (κ3) is 6.40. The minimum atomic E-state index is -1.40. The summed E-state index contributed by atoms with van der Waals surface area (Å²) in [4.78, 5) is 38.4. The van der Waals surface area contributed by atoms with Crippen molar-refractivity contribution in [3.8, 4) is 41.4 Å². The van der Waals surface area contributed by atoms with Gasteiger partial charge in [-0.1, -0.05) is 18.2 Å². The van der Waals surface area contributed by atoms with Crippen LogP contribution >= 0.6 is 0 Å². The van der Waals surface area contributed by atoms with E-state index in [1.807, 2.05) is 6.07 Å². The van der Waals surface area contributed by atoms with E-state index >= 15 is 0 Å². The number of aromatic hydroxyl groups is 2. The summed E-state index contributed by atoms with van der Waals surface area (Å²) in [6, 6.07) is 23.0. The number of aliphatic hydroxyl groups excluding tert-OH is 1. The van der Waals surface area contributed by atoms with Crippen LogP contribution in [0.25, 0.3) is 0 Å². The van der Waals surface area contributed by atoms with Gasteiger partial charge in [-0.15, -0.1) is 12.3 Å². The molecule has 5 N–H and O–H groups in total. The molecule has 0 atom stereocenters. The molecule has 2 heterocycles. The Balaban J connectivity index is 1.09. The maximum atomic E-state index is 13.2. The number of phenolic OH excluding ortho intramolecular Hbond substituents is 2. The molecule has 6 rings (SSSR count). The van der Waals surface area contributed by atoms with Crippen molar-refractivity contribution in [1.82, 2.24) is 5.32 Å². The Bertz CT molecular complexity index is 2090. The molecule has 0 radical (unpaired) electrons. The van der Waals surface area contributed by atoms with Crippen LogP contribution in [0.4, 0.5) is 5.69 Å². The summed E-state index contributed by atoms with van der Waals surface area (Å²) in [6.07, 6.45) is 6.83. The van der Waals surface area contributed by atoms with E-state index in [2.05, 4.69) is 16.6 Å². The number of nitrogens with one attached hydrogen (secondary N) is 2. The number of allylic oxidation sites excluding steroid dienone is 1. The van der Waals surface area contributed by atoms with Gasteiger partial charge < -0.3 is 35.4 Å². The zero-order valence-electron chi connectivity index (χ0n) is 26.7. The van der Waals surface area contributed by atoms with Crippen molar-refractivity contribution in [2.24, 2.45) is 0 Å².